The molecule has 7 nitrogen and oxygen atoms in total. The van der Waals surface area contributed by atoms with Crippen molar-refractivity contribution >= 4 is 26.3 Å². The fourth-order valence-electron chi connectivity index (χ4n) is 9.27. The molecule has 1 N–H and O–H groups in total. The first-order chi connectivity index (χ1) is 24.4. The van der Waals surface area contributed by atoms with Crippen LogP contribution in [0.5, 0.6) is 11.5 Å². The summed E-state index contributed by atoms with van der Waals surface area (Å²) in [7, 11) is -2.24. The fourth-order valence-corrected chi connectivity index (χ4v) is 10.3. The summed E-state index contributed by atoms with van der Waals surface area (Å²) in [6.45, 7) is 13.2. The standard InChI is InChI=1S/C43H52N2O5Si/c1-41(2,3)51(4,5)50-34-20-19-32-27-35-43(49-37(47)26-30-14-10-7-11-15-30)23-22-33(44-36(46)21-18-29-12-8-6-9-13-29)40-42(43,38(32)39(34)48-40)24-25-45(35)28-31-16-17-31/h6-15,18-21,31,33,35,40H,16-17,22-28H2,1-5H3,(H,44,46)/b21-18+/t33-,35-,40+,42+,43-/m1/s1. The number of amides is 1. The molecule has 2 heterocycles. The van der Waals surface area contributed by atoms with E-state index in [1.807, 2.05) is 66.7 Å². The number of ether oxygens (including phenoxy) is 2. The van der Waals surface area contributed by atoms with E-state index >= 15 is 0 Å². The topological polar surface area (TPSA) is 77.1 Å². The summed E-state index contributed by atoms with van der Waals surface area (Å²) in [5.74, 6) is 1.93. The van der Waals surface area contributed by atoms with Gasteiger partial charge in [0.05, 0.1) is 23.9 Å². The van der Waals surface area contributed by atoms with E-state index in [1.165, 1.54) is 18.4 Å². The van der Waals surface area contributed by atoms with Gasteiger partial charge in [-0.2, -0.15) is 0 Å². The van der Waals surface area contributed by atoms with Crippen LogP contribution in [-0.4, -0.2) is 62.0 Å². The molecule has 0 aromatic heterocycles. The lowest BCUT2D eigenvalue weighted by Gasteiger charge is -2.65. The molecule has 0 unspecified atom stereocenters. The first-order valence-corrected chi connectivity index (χ1v) is 21.9. The summed E-state index contributed by atoms with van der Waals surface area (Å²) < 4.78 is 21.4. The number of likely N-dealkylation sites (tertiary alicyclic amines) is 1. The maximum atomic E-state index is 14.2. The van der Waals surface area contributed by atoms with Gasteiger partial charge in [-0.15, -0.1) is 0 Å². The van der Waals surface area contributed by atoms with Crippen LogP contribution in [0.1, 0.15) is 75.1 Å². The number of esters is 1. The van der Waals surface area contributed by atoms with Crippen molar-refractivity contribution in [1.82, 2.24) is 10.2 Å². The number of nitrogens with one attached hydrogen (secondary N) is 1. The normalized spacial score (nSPS) is 28.1. The molecule has 3 aromatic carbocycles. The van der Waals surface area contributed by atoms with Gasteiger partial charge in [-0.25, -0.2) is 0 Å². The molecule has 2 aliphatic heterocycles. The quantitative estimate of drug-likeness (QED) is 0.133. The minimum atomic E-state index is -2.24. The minimum absolute atomic E-state index is 0.00313. The third kappa shape index (κ3) is 5.92. The molecule has 1 saturated heterocycles. The predicted octanol–water partition coefficient (Wildman–Crippen LogP) is 7.63. The van der Waals surface area contributed by atoms with Crippen LogP contribution < -0.4 is 14.5 Å². The second kappa shape index (κ2) is 12.7. The number of hydrogen-bond acceptors (Lipinski definition) is 6. The second-order valence-electron chi connectivity index (χ2n) is 17.1. The Morgan fingerprint density at radius 2 is 1.71 bits per heavy atom. The fraction of sp³-hybridized carbons (Fsp3) is 0.488. The molecule has 2 bridgehead atoms. The summed E-state index contributed by atoms with van der Waals surface area (Å²) >= 11 is 0. The molecule has 5 atom stereocenters. The van der Waals surface area contributed by atoms with Gasteiger partial charge in [-0.1, -0.05) is 87.5 Å². The number of rotatable bonds is 10. The maximum Gasteiger partial charge on any atom is 0.310 e. The number of carbonyl (C=O) groups excluding carboxylic acids is 2. The highest BCUT2D eigenvalue weighted by molar-refractivity contribution is 6.74. The van der Waals surface area contributed by atoms with E-state index in [2.05, 4.69) is 56.2 Å². The summed E-state index contributed by atoms with van der Waals surface area (Å²) in [6.07, 6.45) is 8.69. The zero-order valence-electron chi connectivity index (χ0n) is 30.7. The average Bonchev–Trinajstić information content (AvgIpc) is 3.84. The van der Waals surface area contributed by atoms with Gasteiger partial charge in [0.1, 0.15) is 17.5 Å². The summed E-state index contributed by atoms with van der Waals surface area (Å²) in [5.41, 5.74) is 2.90. The lowest BCUT2D eigenvalue weighted by atomic mass is 9.48. The molecule has 8 heteroatoms. The Morgan fingerprint density at radius 3 is 2.41 bits per heavy atom. The number of piperidine rings is 1. The Labute approximate surface area is 303 Å². The molecule has 2 saturated carbocycles. The molecule has 8 rings (SSSR count). The number of hydrogen-bond donors (Lipinski definition) is 1. The van der Waals surface area contributed by atoms with Crippen molar-refractivity contribution in [1.29, 1.82) is 0 Å². The van der Waals surface area contributed by atoms with Gasteiger partial charge in [0.15, 0.2) is 5.75 Å². The third-order valence-electron chi connectivity index (χ3n) is 12.9. The van der Waals surface area contributed by atoms with Gasteiger partial charge in [0.25, 0.3) is 8.32 Å². The first-order valence-electron chi connectivity index (χ1n) is 19.0. The molecule has 3 aliphatic carbocycles. The van der Waals surface area contributed by atoms with Gasteiger partial charge < -0.3 is 19.2 Å². The van der Waals surface area contributed by atoms with Crippen molar-refractivity contribution < 1.29 is 23.5 Å². The summed E-state index contributed by atoms with van der Waals surface area (Å²) in [6, 6.07) is 23.9. The second-order valence-corrected chi connectivity index (χ2v) is 21.9. The number of nitrogens with zero attached hydrogens (tertiary/aromatic N) is 1. The lowest BCUT2D eigenvalue weighted by Crippen LogP contribution is -2.79. The first kappa shape index (κ1) is 34.2. The van der Waals surface area contributed by atoms with Crippen molar-refractivity contribution in [2.75, 3.05) is 13.1 Å². The van der Waals surface area contributed by atoms with Crippen LogP contribution >= 0.6 is 0 Å². The van der Waals surface area contributed by atoms with Crippen molar-refractivity contribution in [3.63, 3.8) is 0 Å². The van der Waals surface area contributed by atoms with Crippen molar-refractivity contribution in [2.24, 2.45) is 5.92 Å². The van der Waals surface area contributed by atoms with E-state index in [0.717, 1.165) is 54.1 Å². The Morgan fingerprint density at radius 1 is 0.980 bits per heavy atom. The van der Waals surface area contributed by atoms with Gasteiger partial charge in [0.2, 0.25) is 5.91 Å². The minimum Gasteiger partial charge on any atom is -0.541 e. The van der Waals surface area contributed by atoms with Crippen LogP contribution in [0, 0.1) is 5.92 Å². The molecule has 3 fully saturated rings. The van der Waals surface area contributed by atoms with E-state index in [1.54, 1.807) is 6.08 Å². The Kier molecular flexibility index (Phi) is 8.49. The van der Waals surface area contributed by atoms with Crippen LogP contribution in [-0.2, 0) is 32.6 Å². The van der Waals surface area contributed by atoms with Crippen molar-refractivity contribution in [2.45, 2.75) is 113 Å². The highest BCUT2D eigenvalue weighted by Crippen LogP contribution is 2.67. The molecule has 0 radical (unpaired) electrons. The predicted molar refractivity (Wildman–Crippen MR) is 202 cm³/mol. The van der Waals surface area contributed by atoms with E-state index in [9.17, 15) is 9.59 Å². The Balaban J connectivity index is 1.22. The Hall–Kier alpha value is -3.88. The van der Waals surface area contributed by atoms with Crippen LogP contribution in [0.25, 0.3) is 6.08 Å². The molecule has 51 heavy (non-hydrogen) atoms. The number of carbonyl (C=O) groups is 2. The van der Waals surface area contributed by atoms with Crippen molar-refractivity contribution in [3.8, 4) is 11.5 Å². The van der Waals surface area contributed by atoms with E-state index < -0.39 is 25.4 Å². The van der Waals surface area contributed by atoms with Crippen LogP contribution in [0.3, 0.4) is 0 Å². The largest absolute Gasteiger partial charge is 0.541 e. The molecular formula is C43H52N2O5Si. The van der Waals surface area contributed by atoms with Crippen LogP contribution in [0.2, 0.25) is 18.1 Å². The number of benzene rings is 3. The molecular weight excluding hydrogens is 653 g/mol. The highest BCUT2D eigenvalue weighted by Gasteiger charge is 2.75. The Bertz CT molecular complexity index is 1830. The highest BCUT2D eigenvalue weighted by atomic mass is 28.4. The van der Waals surface area contributed by atoms with Gasteiger partial charge in [-0.05, 0) is 98.0 Å². The molecule has 5 aliphatic rings. The zero-order chi connectivity index (χ0) is 35.6. The molecule has 1 amide bonds. The van der Waals surface area contributed by atoms with Crippen LogP contribution in [0.4, 0.5) is 0 Å². The summed E-state index contributed by atoms with van der Waals surface area (Å²) in [5, 5.41) is 3.37. The SMILES string of the molecule is CC(C)(C)[Si](C)(C)Oc1ccc2c3c1O[C@H]1[C@H](NC(=O)/C=C/c4ccccc4)CC[C@@]4(OC(=O)Cc5ccccc5)[C@@H](C2)N(CC2CC2)CC[C@]314. The van der Waals surface area contributed by atoms with Gasteiger partial charge in [0, 0.05) is 18.2 Å². The smallest absolute Gasteiger partial charge is 0.310 e. The molecule has 268 valence electrons. The summed E-state index contributed by atoms with van der Waals surface area (Å²) in [4.78, 5) is 30.5. The van der Waals surface area contributed by atoms with Gasteiger partial charge in [-0.3, -0.25) is 14.5 Å². The van der Waals surface area contributed by atoms with E-state index in [4.69, 9.17) is 13.9 Å². The maximum absolute atomic E-state index is 14.2. The van der Waals surface area contributed by atoms with E-state index in [0.29, 0.717) is 18.8 Å². The average molecular weight is 705 g/mol. The van der Waals surface area contributed by atoms with Crippen molar-refractivity contribution in [3.05, 3.63) is 101 Å². The monoisotopic (exact) mass is 704 g/mol. The third-order valence-corrected chi connectivity index (χ3v) is 17.3. The van der Waals surface area contributed by atoms with Gasteiger partial charge >= 0.3 is 5.97 Å². The van der Waals surface area contributed by atoms with E-state index in [-0.39, 0.29) is 35.4 Å². The van der Waals surface area contributed by atoms with Crippen LogP contribution in [0.15, 0.2) is 78.9 Å². The molecule has 1 spiro atoms. The lowest BCUT2D eigenvalue weighted by molar-refractivity contribution is -0.220. The molecule has 3 aromatic rings. The zero-order valence-corrected chi connectivity index (χ0v) is 31.7.